The third kappa shape index (κ3) is 3.00. The van der Waals surface area contributed by atoms with Crippen LogP contribution in [-0.2, 0) is 12.7 Å². The van der Waals surface area contributed by atoms with Gasteiger partial charge in [0.1, 0.15) is 0 Å². The van der Waals surface area contributed by atoms with Crippen molar-refractivity contribution in [2.24, 2.45) is 0 Å². The van der Waals surface area contributed by atoms with Gasteiger partial charge in [0.25, 0.3) is 5.82 Å². The van der Waals surface area contributed by atoms with Crippen molar-refractivity contribution in [2.75, 3.05) is 7.05 Å². The third-order valence-corrected chi connectivity index (χ3v) is 1.48. The maximum absolute atomic E-state index is 12.0. The highest BCUT2D eigenvalue weighted by atomic mass is 19.4. The Morgan fingerprint density at radius 2 is 1.81 bits per heavy atom. The van der Waals surface area contributed by atoms with Crippen molar-refractivity contribution in [3.05, 3.63) is 11.6 Å². The average Bonchev–Trinajstić information content (AvgIpc) is 2.17. The molecule has 0 saturated heterocycles. The van der Waals surface area contributed by atoms with E-state index in [0.29, 0.717) is 0 Å². The molecule has 0 fully saturated rings. The van der Waals surface area contributed by atoms with Gasteiger partial charge in [-0.1, -0.05) is 0 Å². The Bertz CT molecular complexity index is 379. The van der Waals surface area contributed by atoms with E-state index in [0.717, 1.165) is 4.90 Å². The lowest BCUT2D eigenvalue weighted by atomic mass is 10.5. The van der Waals surface area contributed by atoms with Crippen LogP contribution in [0.15, 0.2) is 0 Å². The van der Waals surface area contributed by atoms with E-state index in [1.54, 1.807) is 0 Å². The van der Waals surface area contributed by atoms with Gasteiger partial charge < -0.3 is 10.0 Å². The lowest BCUT2D eigenvalue weighted by Crippen LogP contribution is -2.26. The molecule has 0 unspecified atom stereocenters. The molecule has 0 aliphatic carbocycles. The normalized spacial score (nSPS) is 11.2. The predicted octanol–water partition coefficient (Wildman–Crippen LogP) is 0.395. The molecule has 0 radical (unpaired) electrons. The van der Waals surface area contributed by atoms with Crippen LogP contribution >= 0.6 is 0 Å². The van der Waals surface area contributed by atoms with Gasteiger partial charge in [-0.2, -0.15) is 13.2 Å². The number of carbonyl (C=O) groups is 1. The SMILES string of the molecule is CN(Cc1nnc(C(F)(F)F)nn1)C(=O)O. The van der Waals surface area contributed by atoms with E-state index >= 15 is 0 Å². The zero-order valence-electron chi connectivity index (χ0n) is 7.93. The predicted molar refractivity (Wildman–Crippen MR) is 42.1 cm³/mol. The first-order valence-corrected chi connectivity index (χ1v) is 3.88. The summed E-state index contributed by atoms with van der Waals surface area (Å²) in [7, 11) is 1.21. The van der Waals surface area contributed by atoms with E-state index < -0.39 is 18.1 Å². The van der Waals surface area contributed by atoms with Crippen molar-refractivity contribution in [1.82, 2.24) is 25.3 Å². The number of amides is 1. The van der Waals surface area contributed by atoms with E-state index in [9.17, 15) is 18.0 Å². The molecule has 0 aliphatic heterocycles. The monoisotopic (exact) mass is 237 g/mol. The highest BCUT2D eigenvalue weighted by molar-refractivity contribution is 5.64. The van der Waals surface area contributed by atoms with Gasteiger partial charge in [-0.05, 0) is 0 Å². The van der Waals surface area contributed by atoms with Crippen molar-refractivity contribution in [2.45, 2.75) is 12.7 Å². The summed E-state index contributed by atoms with van der Waals surface area (Å²) in [5, 5.41) is 20.3. The molecule has 0 aliphatic rings. The molecule has 10 heteroatoms. The van der Waals surface area contributed by atoms with Crippen LogP contribution < -0.4 is 0 Å². The van der Waals surface area contributed by atoms with Crippen molar-refractivity contribution < 1.29 is 23.1 Å². The number of hydrogen-bond donors (Lipinski definition) is 1. The van der Waals surface area contributed by atoms with Crippen LogP contribution in [0, 0.1) is 0 Å². The minimum Gasteiger partial charge on any atom is -0.465 e. The molecule has 0 saturated carbocycles. The van der Waals surface area contributed by atoms with Crippen molar-refractivity contribution in [3.8, 4) is 0 Å². The maximum Gasteiger partial charge on any atom is 0.455 e. The summed E-state index contributed by atoms with van der Waals surface area (Å²) in [5.41, 5.74) is 0. The van der Waals surface area contributed by atoms with Gasteiger partial charge in [-0.3, -0.25) is 0 Å². The fourth-order valence-corrected chi connectivity index (χ4v) is 0.707. The smallest absolute Gasteiger partial charge is 0.455 e. The fourth-order valence-electron chi connectivity index (χ4n) is 0.707. The maximum atomic E-state index is 12.0. The first kappa shape index (κ1) is 12.1. The van der Waals surface area contributed by atoms with Gasteiger partial charge in [-0.25, -0.2) is 4.79 Å². The molecule has 1 aromatic rings. The molecule has 1 N–H and O–H groups in total. The zero-order chi connectivity index (χ0) is 12.3. The summed E-state index contributed by atoms with van der Waals surface area (Å²) in [6, 6.07) is 0. The van der Waals surface area contributed by atoms with E-state index in [1.165, 1.54) is 7.05 Å². The van der Waals surface area contributed by atoms with Gasteiger partial charge >= 0.3 is 12.3 Å². The summed E-state index contributed by atoms with van der Waals surface area (Å²) in [4.78, 5) is 11.2. The van der Waals surface area contributed by atoms with Crippen LogP contribution in [0.25, 0.3) is 0 Å². The summed E-state index contributed by atoms with van der Waals surface area (Å²) in [6.07, 6.45) is -5.97. The van der Waals surface area contributed by atoms with Crippen LogP contribution in [0.2, 0.25) is 0 Å². The van der Waals surface area contributed by atoms with Gasteiger partial charge in [-0.15, -0.1) is 20.4 Å². The number of alkyl halides is 3. The minimum atomic E-state index is -4.71. The molecule has 7 nitrogen and oxygen atoms in total. The highest BCUT2D eigenvalue weighted by Gasteiger charge is 2.35. The summed E-state index contributed by atoms with van der Waals surface area (Å²) >= 11 is 0. The zero-order valence-corrected chi connectivity index (χ0v) is 7.93. The third-order valence-electron chi connectivity index (χ3n) is 1.48. The topological polar surface area (TPSA) is 92.1 Å². The largest absolute Gasteiger partial charge is 0.465 e. The second-order valence-electron chi connectivity index (χ2n) is 2.78. The fraction of sp³-hybridized carbons (Fsp3) is 0.500. The molecule has 1 amide bonds. The number of rotatable bonds is 2. The molecule has 88 valence electrons. The second kappa shape index (κ2) is 4.24. The molecule has 0 spiro atoms. The van der Waals surface area contributed by atoms with E-state index in [4.69, 9.17) is 5.11 Å². The molecular formula is C6H6F3N5O2. The Labute approximate surface area is 86.9 Å². The molecule has 0 atom stereocenters. The lowest BCUT2D eigenvalue weighted by Gasteiger charge is -2.10. The van der Waals surface area contributed by atoms with Crippen LogP contribution in [0.5, 0.6) is 0 Å². The van der Waals surface area contributed by atoms with Gasteiger partial charge in [0.2, 0.25) is 0 Å². The molecular weight excluding hydrogens is 231 g/mol. The standard InChI is InChI=1S/C6H6F3N5O2/c1-14(5(15)16)2-3-10-12-4(13-11-3)6(7,8)9/h2H2,1H3,(H,15,16). The van der Waals surface area contributed by atoms with Crippen molar-refractivity contribution in [3.63, 3.8) is 0 Å². The van der Waals surface area contributed by atoms with Crippen molar-refractivity contribution >= 4 is 6.09 Å². The lowest BCUT2D eigenvalue weighted by molar-refractivity contribution is -0.146. The Hall–Kier alpha value is -2.00. The first-order chi connectivity index (χ1) is 7.30. The van der Waals surface area contributed by atoms with Crippen LogP contribution in [0.1, 0.15) is 11.6 Å². The Morgan fingerprint density at radius 3 is 2.19 bits per heavy atom. The molecule has 1 rings (SSSR count). The number of nitrogens with zero attached hydrogens (tertiary/aromatic N) is 5. The van der Waals surface area contributed by atoms with Gasteiger partial charge in [0, 0.05) is 7.05 Å². The Morgan fingerprint density at radius 1 is 1.31 bits per heavy atom. The summed E-state index contributed by atoms with van der Waals surface area (Å²) < 4.78 is 36.0. The van der Waals surface area contributed by atoms with Gasteiger partial charge in [0.15, 0.2) is 5.82 Å². The van der Waals surface area contributed by atoms with Gasteiger partial charge in [0.05, 0.1) is 6.54 Å². The quantitative estimate of drug-likeness (QED) is 0.800. The van der Waals surface area contributed by atoms with E-state index in [2.05, 4.69) is 20.4 Å². The Balaban J connectivity index is 2.76. The first-order valence-electron chi connectivity index (χ1n) is 3.88. The molecule has 1 heterocycles. The second-order valence-corrected chi connectivity index (χ2v) is 2.78. The highest BCUT2D eigenvalue weighted by Crippen LogP contribution is 2.24. The number of halogens is 3. The Kier molecular flexibility index (Phi) is 3.20. The minimum absolute atomic E-state index is 0.210. The van der Waals surface area contributed by atoms with E-state index in [1.807, 2.05) is 0 Å². The number of carboxylic acid groups (broad SMARTS) is 1. The van der Waals surface area contributed by atoms with Crippen LogP contribution in [0.3, 0.4) is 0 Å². The summed E-state index contributed by atoms with van der Waals surface area (Å²) in [5.74, 6) is -1.67. The summed E-state index contributed by atoms with van der Waals surface area (Å²) in [6.45, 7) is -0.284. The molecule has 16 heavy (non-hydrogen) atoms. The average molecular weight is 237 g/mol. The van der Waals surface area contributed by atoms with Crippen molar-refractivity contribution in [1.29, 1.82) is 0 Å². The molecule has 0 bridgehead atoms. The van der Waals surface area contributed by atoms with Crippen LogP contribution in [-0.4, -0.2) is 43.5 Å². The number of hydrogen-bond acceptors (Lipinski definition) is 5. The van der Waals surface area contributed by atoms with Crippen LogP contribution in [0.4, 0.5) is 18.0 Å². The molecule has 0 aromatic carbocycles. The van der Waals surface area contributed by atoms with E-state index in [-0.39, 0.29) is 12.4 Å². The molecule has 1 aromatic heterocycles. The number of aromatic nitrogens is 4.